The minimum absolute atomic E-state index is 0.0235. The van der Waals surface area contributed by atoms with Crippen molar-refractivity contribution < 1.29 is 34.8 Å². The fourth-order valence-corrected chi connectivity index (χ4v) is 3.64. The van der Waals surface area contributed by atoms with E-state index in [1.807, 2.05) is 19.1 Å². The maximum atomic E-state index is 12.8. The van der Waals surface area contributed by atoms with Gasteiger partial charge in [-0.2, -0.15) is 0 Å². The van der Waals surface area contributed by atoms with Gasteiger partial charge in [0.15, 0.2) is 6.29 Å². The Labute approximate surface area is 161 Å². The van der Waals surface area contributed by atoms with E-state index >= 15 is 0 Å². The van der Waals surface area contributed by atoms with Gasteiger partial charge >= 0.3 is 0 Å². The number of hydrogen-bond donors (Lipinski definition) is 4. The molecule has 0 radical (unpaired) electrons. The Hall–Kier alpha value is -1.49. The van der Waals surface area contributed by atoms with Gasteiger partial charge in [0.2, 0.25) is 5.91 Å². The van der Waals surface area contributed by atoms with Crippen molar-refractivity contribution in [3.8, 4) is 0 Å². The maximum absolute atomic E-state index is 12.8. The summed E-state index contributed by atoms with van der Waals surface area (Å²) in [6, 6.07) is 5.60. The van der Waals surface area contributed by atoms with E-state index < -0.39 is 48.4 Å². The molecule has 0 spiro atoms. The summed E-state index contributed by atoms with van der Waals surface area (Å²) < 4.78 is 5.10. The SMILES string of the molecule is CCCC(=O)N(C(=O)Sc1ccc(C)cc1)[C@H]1C(O)O[C@H](CO)[C@@H](O)[C@@H]1O. The summed E-state index contributed by atoms with van der Waals surface area (Å²) in [7, 11) is 0. The molecule has 2 amide bonds. The number of aliphatic hydroxyl groups is 4. The number of carbonyl (C=O) groups excluding carboxylic acids is 2. The van der Waals surface area contributed by atoms with E-state index in [-0.39, 0.29) is 6.42 Å². The number of aliphatic hydroxyl groups excluding tert-OH is 4. The first-order valence-corrected chi connectivity index (χ1v) is 9.52. The van der Waals surface area contributed by atoms with Crippen molar-refractivity contribution in [2.75, 3.05) is 6.61 Å². The third-order valence-electron chi connectivity index (χ3n) is 4.32. The highest BCUT2D eigenvalue weighted by Crippen LogP contribution is 2.30. The highest BCUT2D eigenvalue weighted by Gasteiger charge is 2.49. The monoisotopic (exact) mass is 399 g/mol. The molecule has 8 nitrogen and oxygen atoms in total. The molecule has 1 heterocycles. The van der Waals surface area contributed by atoms with Crippen LogP contribution in [0.3, 0.4) is 0 Å². The van der Waals surface area contributed by atoms with Crippen molar-refractivity contribution in [3.63, 3.8) is 0 Å². The highest BCUT2D eigenvalue weighted by atomic mass is 32.2. The van der Waals surface area contributed by atoms with Crippen molar-refractivity contribution in [1.82, 2.24) is 4.90 Å². The summed E-state index contributed by atoms with van der Waals surface area (Å²) in [5.74, 6) is -0.594. The molecule has 1 unspecified atom stereocenters. The predicted molar refractivity (Wildman–Crippen MR) is 98.0 cm³/mol. The average molecular weight is 399 g/mol. The quantitative estimate of drug-likeness (QED) is 0.531. The Bertz CT molecular complexity index is 654. The molecular formula is C18H25NO7S. The summed E-state index contributed by atoms with van der Waals surface area (Å²) >= 11 is 0.777. The molecule has 1 aliphatic rings. The number of carbonyl (C=O) groups is 2. The zero-order chi connectivity index (χ0) is 20.1. The zero-order valence-corrected chi connectivity index (χ0v) is 16.0. The van der Waals surface area contributed by atoms with Gasteiger partial charge in [-0.15, -0.1) is 0 Å². The van der Waals surface area contributed by atoms with Crippen molar-refractivity contribution in [2.24, 2.45) is 0 Å². The molecule has 1 aromatic carbocycles. The fraction of sp³-hybridized carbons (Fsp3) is 0.556. The lowest BCUT2D eigenvalue weighted by Gasteiger charge is -2.44. The van der Waals surface area contributed by atoms with Crippen LogP contribution in [0.2, 0.25) is 0 Å². The lowest BCUT2D eigenvalue weighted by Crippen LogP contribution is -2.65. The van der Waals surface area contributed by atoms with E-state index in [2.05, 4.69) is 0 Å². The minimum Gasteiger partial charge on any atom is -0.394 e. The van der Waals surface area contributed by atoms with Gasteiger partial charge in [0.05, 0.1) is 6.61 Å². The smallest absolute Gasteiger partial charge is 0.293 e. The minimum atomic E-state index is -1.73. The van der Waals surface area contributed by atoms with E-state index in [0.29, 0.717) is 11.3 Å². The van der Waals surface area contributed by atoms with Crippen LogP contribution in [0.5, 0.6) is 0 Å². The van der Waals surface area contributed by atoms with Crippen molar-refractivity contribution in [1.29, 1.82) is 0 Å². The molecule has 1 aromatic rings. The van der Waals surface area contributed by atoms with Crippen LogP contribution in [0.15, 0.2) is 29.2 Å². The summed E-state index contributed by atoms with van der Waals surface area (Å²) in [4.78, 5) is 26.7. The Balaban J connectivity index is 2.28. The fourth-order valence-electron chi connectivity index (χ4n) is 2.84. The van der Waals surface area contributed by atoms with Crippen LogP contribution in [0.4, 0.5) is 4.79 Å². The van der Waals surface area contributed by atoms with E-state index in [4.69, 9.17) is 4.74 Å². The Morgan fingerprint density at radius 3 is 2.33 bits per heavy atom. The molecule has 1 aliphatic heterocycles. The van der Waals surface area contributed by atoms with Crippen LogP contribution in [-0.2, 0) is 9.53 Å². The molecule has 2 rings (SSSR count). The molecule has 0 saturated carbocycles. The van der Waals surface area contributed by atoms with Crippen LogP contribution >= 0.6 is 11.8 Å². The van der Waals surface area contributed by atoms with Gasteiger partial charge in [0.1, 0.15) is 24.4 Å². The number of nitrogens with zero attached hydrogens (tertiary/aromatic N) is 1. The zero-order valence-electron chi connectivity index (χ0n) is 15.2. The molecule has 150 valence electrons. The predicted octanol–water partition coefficient (Wildman–Crippen LogP) is 0.636. The van der Waals surface area contributed by atoms with E-state index in [0.717, 1.165) is 22.2 Å². The lowest BCUT2D eigenvalue weighted by molar-refractivity contribution is -0.265. The maximum Gasteiger partial charge on any atom is 0.293 e. The number of hydrogen-bond acceptors (Lipinski definition) is 8. The molecule has 27 heavy (non-hydrogen) atoms. The van der Waals surface area contributed by atoms with Crippen molar-refractivity contribution in [2.45, 2.75) is 62.2 Å². The standard InChI is InChI=1S/C18H25NO7S/c1-3-4-13(21)19(18(25)27-11-7-5-10(2)6-8-11)14-16(23)15(22)12(9-20)26-17(14)24/h5-8,12,14-17,20,22-24H,3-4,9H2,1-2H3/t12-,14-,15-,16-,17?/m1/s1. The van der Waals surface area contributed by atoms with Crippen LogP contribution in [0, 0.1) is 6.92 Å². The third-order valence-corrected chi connectivity index (χ3v) is 5.20. The van der Waals surface area contributed by atoms with Gasteiger partial charge in [-0.1, -0.05) is 24.6 Å². The first-order chi connectivity index (χ1) is 12.8. The molecule has 9 heteroatoms. The van der Waals surface area contributed by atoms with Crippen LogP contribution in [0.1, 0.15) is 25.3 Å². The van der Waals surface area contributed by atoms with E-state index in [9.17, 15) is 30.0 Å². The number of benzene rings is 1. The second-order valence-corrected chi connectivity index (χ2v) is 7.44. The molecule has 0 bridgehead atoms. The molecule has 5 atom stereocenters. The van der Waals surface area contributed by atoms with E-state index in [1.54, 1.807) is 19.1 Å². The van der Waals surface area contributed by atoms with Gasteiger partial charge in [-0.25, -0.2) is 0 Å². The average Bonchev–Trinajstić information content (AvgIpc) is 2.63. The largest absolute Gasteiger partial charge is 0.394 e. The topological polar surface area (TPSA) is 128 Å². The highest BCUT2D eigenvalue weighted by molar-refractivity contribution is 8.13. The van der Waals surface area contributed by atoms with Gasteiger partial charge in [-0.3, -0.25) is 14.5 Å². The summed E-state index contributed by atoms with van der Waals surface area (Å²) in [5, 5.41) is 39.2. The first kappa shape index (κ1) is 21.8. The van der Waals surface area contributed by atoms with Crippen LogP contribution in [-0.4, -0.2) is 73.7 Å². The van der Waals surface area contributed by atoms with Crippen molar-refractivity contribution >= 4 is 22.9 Å². The second kappa shape index (κ2) is 9.63. The molecule has 0 aromatic heterocycles. The van der Waals surface area contributed by atoms with Crippen LogP contribution in [0.25, 0.3) is 0 Å². The summed E-state index contributed by atoms with van der Waals surface area (Å²) in [6.45, 7) is 3.03. The number of rotatable bonds is 5. The van der Waals surface area contributed by atoms with Gasteiger partial charge in [-0.05, 0) is 37.2 Å². The Morgan fingerprint density at radius 1 is 1.15 bits per heavy atom. The van der Waals surface area contributed by atoms with Gasteiger partial charge < -0.3 is 25.2 Å². The first-order valence-electron chi connectivity index (χ1n) is 8.71. The van der Waals surface area contributed by atoms with Gasteiger partial charge in [0.25, 0.3) is 5.24 Å². The number of imide groups is 1. The van der Waals surface area contributed by atoms with Gasteiger partial charge in [0, 0.05) is 11.3 Å². The number of ether oxygens (including phenoxy) is 1. The number of thioether (sulfide) groups is 1. The normalized spacial score (nSPS) is 28.0. The summed E-state index contributed by atoms with van der Waals surface area (Å²) in [6.07, 6.45) is -5.68. The lowest BCUT2D eigenvalue weighted by atomic mass is 9.95. The van der Waals surface area contributed by atoms with Crippen LogP contribution < -0.4 is 0 Å². The molecular weight excluding hydrogens is 374 g/mol. The summed E-state index contributed by atoms with van der Waals surface area (Å²) in [5.41, 5.74) is 1.01. The molecule has 1 saturated heterocycles. The van der Waals surface area contributed by atoms with E-state index in [1.165, 1.54) is 0 Å². The molecule has 4 N–H and O–H groups in total. The van der Waals surface area contributed by atoms with Crippen molar-refractivity contribution in [3.05, 3.63) is 29.8 Å². The number of amides is 2. The second-order valence-electron chi connectivity index (χ2n) is 6.41. The Morgan fingerprint density at radius 2 is 1.78 bits per heavy atom. The third kappa shape index (κ3) is 5.07. The molecule has 1 fully saturated rings. The number of aryl methyl sites for hydroxylation is 1. The Kier molecular flexibility index (Phi) is 7.78. The molecule has 0 aliphatic carbocycles.